The molecule has 1 atom stereocenters. The smallest absolute Gasteiger partial charge is 0.259 e. The topological polar surface area (TPSA) is 82.6 Å². The van der Waals surface area contributed by atoms with E-state index < -0.39 is 0 Å². The molecule has 1 unspecified atom stereocenters. The van der Waals surface area contributed by atoms with Gasteiger partial charge in [0, 0.05) is 24.7 Å². The normalized spacial score (nSPS) is 15.7. The molecule has 1 aromatic heterocycles. The van der Waals surface area contributed by atoms with Gasteiger partial charge in [0.1, 0.15) is 18.1 Å². The molecule has 148 valence electrons. The molecule has 0 radical (unpaired) electrons. The largest absolute Gasteiger partial charge is 0.490 e. The molecular weight excluding hydrogens is 370 g/mol. The number of carbonyl (C=O) groups excluding carboxylic acids is 1. The van der Waals surface area contributed by atoms with Gasteiger partial charge in [-0.3, -0.25) is 9.78 Å². The van der Waals surface area contributed by atoms with Crippen LogP contribution in [0.3, 0.4) is 0 Å². The fraction of sp³-hybridized carbons (Fsp3) is 0.227. The van der Waals surface area contributed by atoms with Crippen LogP contribution in [0.4, 0.5) is 5.69 Å². The molecule has 1 saturated heterocycles. The summed E-state index contributed by atoms with van der Waals surface area (Å²) in [5.74, 6) is 1.31. The van der Waals surface area contributed by atoms with Crippen LogP contribution in [0.15, 0.2) is 67.1 Å². The highest BCUT2D eigenvalue weighted by Gasteiger charge is 2.18. The van der Waals surface area contributed by atoms with E-state index in [2.05, 4.69) is 15.3 Å². The van der Waals surface area contributed by atoms with Gasteiger partial charge >= 0.3 is 0 Å². The van der Waals surface area contributed by atoms with Crippen molar-refractivity contribution in [2.24, 2.45) is 0 Å². The number of nitrogens with one attached hydrogen (secondary N) is 1. The Morgan fingerprint density at radius 1 is 1.14 bits per heavy atom. The van der Waals surface area contributed by atoms with Gasteiger partial charge in [-0.15, -0.1) is 0 Å². The second kappa shape index (κ2) is 9.16. The Balaban J connectivity index is 1.38. The lowest BCUT2D eigenvalue weighted by atomic mass is 10.1. The zero-order valence-electron chi connectivity index (χ0n) is 15.8. The number of carbonyl (C=O) groups is 1. The number of hydrogen-bond donors (Lipinski definition) is 1. The second-order valence-electron chi connectivity index (χ2n) is 6.57. The first-order valence-electron chi connectivity index (χ1n) is 9.46. The van der Waals surface area contributed by atoms with E-state index in [1.165, 1.54) is 6.20 Å². The Labute approximate surface area is 168 Å². The first kappa shape index (κ1) is 18.9. The molecule has 3 aromatic rings. The molecule has 1 N–H and O–H groups in total. The number of anilines is 1. The summed E-state index contributed by atoms with van der Waals surface area (Å²) in [6.45, 7) is 1.21. The van der Waals surface area contributed by atoms with Gasteiger partial charge < -0.3 is 19.5 Å². The van der Waals surface area contributed by atoms with E-state index >= 15 is 0 Å². The van der Waals surface area contributed by atoms with Crippen LogP contribution >= 0.6 is 0 Å². The average Bonchev–Trinajstić information content (AvgIpc) is 3.28. The highest BCUT2D eigenvalue weighted by atomic mass is 16.5. The average molecular weight is 391 g/mol. The Kier molecular flexibility index (Phi) is 5.97. The molecule has 1 aliphatic heterocycles. The van der Waals surface area contributed by atoms with Crippen molar-refractivity contribution in [2.45, 2.75) is 18.9 Å². The van der Waals surface area contributed by atoms with Crippen molar-refractivity contribution in [3.05, 3.63) is 72.7 Å². The maximum atomic E-state index is 12.7. The quantitative estimate of drug-likeness (QED) is 0.653. The lowest BCUT2D eigenvalue weighted by Crippen LogP contribution is -2.19. The number of amides is 1. The van der Waals surface area contributed by atoms with E-state index in [0.29, 0.717) is 35.2 Å². The van der Waals surface area contributed by atoms with Crippen molar-refractivity contribution in [3.8, 4) is 17.4 Å². The number of aromatic nitrogens is 2. The summed E-state index contributed by atoms with van der Waals surface area (Å²) in [6, 6.07) is 14.2. The van der Waals surface area contributed by atoms with Gasteiger partial charge in [0.25, 0.3) is 5.91 Å². The summed E-state index contributed by atoms with van der Waals surface area (Å²) in [5.41, 5.74) is 1.13. The molecule has 2 aromatic carbocycles. The van der Waals surface area contributed by atoms with Crippen molar-refractivity contribution in [1.29, 1.82) is 0 Å². The van der Waals surface area contributed by atoms with Crippen molar-refractivity contribution < 1.29 is 19.0 Å². The lowest BCUT2D eigenvalue weighted by Gasteiger charge is -2.14. The van der Waals surface area contributed by atoms with Gasteiger partial charge in [-0.05, 0) is 49.2 Å². The Hall–Kier alpha value is -3.45. The third kappa shape index (κ3) is 5.08. The van der Waals surface area contributed by atoms with Gasteiger partial charge in [-0.1, -0.05) is 12.1 Å². The van der Waals surface area contributed by atoms with Crippen molar-refractivity contribution in [2.75, 3.05) is 18.5 Å². The monoisotopic (exact) mass is 391 g/mol. The minimum atomic E-state index is -0.240. The minimum Gasteiger partial charge on any atom is -0.490 e. The molecule has 0 aliphatic carbocycles. The number of benzene rings is 2. The third-order valence-electron chi connectivity index (χ3n) is 4.45. The lowest BCUT2D eigenvalue weighted by molar-refractivity contribution is 0.0673. The predicted molar refractivity (Wildman–Crippen MR) is 107 cm³/mol. The fourth-order valence-electron chi connectivity index (χ4n) is 3.00. The molecule has 4 rings (SSSR count). The Bertz CT molecular complexity index is 942. The third-order valence-corrected chi connectivity index (χ3v) is 4.45. The molecular formula is C22H21N3O4. The molecule has 1 fully saturated rings. The van der Waals surface area contributed by atoms with E-state index in [9.17, 15) is 4.79 Å². The van der Waals surface area contributed by atoms with Crippen LogP contribution in [0.25, 0.3) is 0 Å². The second-order valence-corrected chi connectivity index (χ2v) is 6.57. The van der Waals surface area contributed by atoms with Crippen molar-refractivity contribution in [3.63, 3.8) is 0 Å². The summed E-state index contributed by atoms with van der Waals surface area (Å²) < 4.78 is 17.0. The van der Waals surface area contributed by atoms with Crippen molar-refractivity contribution >= 4 is 11.6 Å². The Morgan fingerprint density at radius 2 is 2.00 bits per heavy atom. The number of rotatable bonds is 7. The summed E-state index contributed by atoms with van der Waals surface area (Å²) in [4.78, 5) is 20.8. The van der Waals surface area contributed by atoms with E-state index in [0.717, 1.165) is 19.4 Å². The van der Waals surface area contributed by atoms with Crippen LogP contribution in [0.1, 0.15) is 23.2 Å². The van der Waals surface area contributed by atoms with E-state index in [4.69, 9.17) is 14.2 Å². The fourth-order valence-corrected chi connectivity index (χ4v) is 3.00. The first-order chi connectivity index (χ1) is 14.3. The van der Waals surface area contributed by atoms with Crippen LogP contribution in [0, 0.1) is 0 Å². The summed E-state index contributed by atoms with van der Waals surface area (Å²) in [7, 11) is 0. The number of para-hydroxylation sites is 1. The van der Waals surface area contributed by atoms with Crippen LogP contribution in [0.5, 0.6) is 17.4 Å². The number of ether oxygens (including phenoxy) is 3. The number of hydrogen-bond acceptors (Lipinski definition) is 6. The molecule has 2 heterocycles. The van der Waals surface area contributed by atoms with Crippen LogP contribution in [0.2, 0.25) is 0 Å². The maximum Gasteiger partial charge on any atom is 0.259 e. The van der Waals surface area contributed by atoms with E-state index in [-0.39, 0.29) is 12.0 Å². The van der Waals surface area contributed by atoms with E-state index in [1.54, 1.807) is 48.8 Å². The molecule has 0 bridgehead atoms. The van der Waals surface area contributed by atoms with Gasteiger partial charge in [-0.25, -0.2) is 4.98 Å². The number of nitrogens with zero attached hydrogens (tertiary/aromatic N) is 2. The highest BCUT2D eigenvalue weighted by molar-refractivity contribution is 6.06. The summed E-state index contributed by atoms with van der Waals surface area (Å²) >= 11 is 0. The van der Waals surface area contributed by atoms with E-state index in [1.807, 2.05) is 12.1 Å². The van der Waals surface area contributed by atoms with Crippen molar-refractivity contribution in [1.82, 2.24) is 9.97 Å². The van der Waals surface area contributed by atoms with Crippen LogP contribution in [-0.4, -0.2) is 35.2 Å². The summed E-state index contributed by atoms with van der Waals surface area (Å²) in [6.07, 6.45) is 6.79. The van der Waals surface area contributed by atoms with Gasteiger partial charge in [0.15, 0.2) is 0 Å². The molecule has 0 spiro atoms. The molecule has 7 heteroatoms. The standard InChI is InChI=1S/C22H21N3O4/c26-22(19-5-1-2-6-20(19)28-15-18-4-3-13-27-18)25-16-7-9-17(10-8-16)29-21-14-23-11-12-24-21/h1-2,5-12,14,18H,3-4,13,15H2,(H,25,26). The molecule has 0 saturated carbocycles. The maximum absolute atomic E-state index is 12.7. The SMILES string of the molecule is O=C(Nc1ccc(Oc2cnccn2)cc1)c1ccccc1OCC1CCCO1. The summed E-state index contributed by atoms with van der Waals surface area (Å²) in [5, 5.41) is 2.88. The van der Waals surface area contributed by atoms with Gasteiger partial charge in [0.05, 0.1) is 17.9 Å². The zero-order valence-corrected chi connectivity index (χ0v) is 15.8. The van der Waals surface area contributed by atoms with Crippen LogP contribution < -0.4 is 14.8 Å². The molecule has 1 aliphatic rings. The zero-order chi connectivity index (χ0) is 19.9. The van der Waals surface area contributed by atoms with Crippen LogP contribution in [-0.2, 0) is 4.74 Å². The van der Waals surface area contributed by atoms with Gasteiger partial charge in [-0.2, -0.15) is 0 Å². The molecule has 29 heavy (non-hydrogen) atoms. The predicted octanol–water partition coefficient (Wildman–Crippen LogP) is 4.08. The van der Waals surface area contributed by atoms with Gasteiger partial charge in [0.2, 0.25) is 5.88 Å². The molecule has 7 nitrogen and oxygen atoms in total. The Morgan fingerprint density at radius 3 is 2.76 bits per heavy atom. The highest BCUT2D eigenvalue weighted by Crippen LogP contribution is 2.24. The first-order valence-corrected chi connectivity index (χ1v) is 9.46. The minimum absolute atomic E-state index is 0.0907. The molecule has 1 amide bonds.